The number of hydrogen-bond donors (Lipinski definition) is 1. The van der Waals surface area contributed by atoms with E-state index in [1.165, 1.54) is 37.4 Å². The van der Waals surface area contributed by atoms with Gasteiger partial charge in [0, 0.05) is 19.2 Å². The van der Waals surface area contributed by atoms with Crippen LogP contribution in [0.15, 0.2) is 24.4 Å². The van der Waals surface area contributed by atoms with Gasteiger partial charge in [0.25, 0.3) is 5.91 Å². The molecular weight excluding hydrogens is 396 g/mol. The monoisotopic (exact) mass is 418 g/mol. The molecule has 1 aliphatic heterocycles. The maximum atomic E-state index is 13.1. The molecule has 2 aromatic heterocycles. The van der Waals surface area contributed by atoms with E-state index in [9.17, 15) is 14.7 Å². The Morgan fingerprint density at radius 3 is 2.57 bits per heavy atom. The van der Waals surface area contributed by atoms with Crippen molar-refractivity contribution in [3.63, 3.8) is 0 Å². The first-order valence-electron chi connectivity index (χ1n) is 9.22. The summed E-state index contributed by atoms with van der Waals surface area (Å²) in [7, 11) is 2.86. The molecule has 0 radical (unpaired) electrons. The van der Waals surface area contributed by atoms with E-state index in [2.05, 4.69) is 15.0 Å². The van der Waals surface area contributed by atoms with Gasteiger partial charge in [-0.15, -0.1) is 0 Å². The lowest BCUT2D eigenvalue weighted by Crippen LogP contribution is -2.42. The van der Waals surface area contributed by atoms with Crippen LogP contribution in [0.2, 0.25) is 0 Å². The summed E-state index contributed by atoms with van der Waals surface area (Å²) in [6, 6.07) is 3.54. The van der Waals surface area contributed by atoms with Crippen LogP contribution in [0.4, 0.5) is 0 Å². The normalized spacial score (nSPS) is 18.1. The maximum Gasteiger partial charge on any atom is 0.328 e. The molecule has 0 spiro atoms. The lowest BCUT2D eigenvalue weighted by molar-refractivity contribution is -0.147. The number of rotatable bonds is 7. The average molecular weight is 418 g/mol. The zero-order valence-electron chi connectivity index (χ0n) is 16.8. The number of amides is 1. The number of nitrogens with zero attached hydrogens (tertiary/aromatic N) is 4. The van der Waals surface area contributed by atoms with Crippen LogP contribution in [-0.4, -0.2) is 76.4 Å². The number of aliphatic hydroxyl groups excluding tert-OH is 1. The Balaban J connectivity index is 1.89. The van der Waals surface area contributed by atoms with Crippen molar-refractivity contribution in [3.8, 4) is 23.5 Å². The van der Waals surface area contributed by atoms with Gasteiger partial charge in [0.15, 0.2) is 11.4 Å². The molecule has 2 atom stereocenters. The van der Waals surface area contributed by atoms with Crippen LogP contribution in [0.1, 0.15) is 23.8 Å². The molecule has 3 heterocycles. The number of methoxy groups -OCH3 is 2. The van der Waals surface area contributed by atoms with E-state index in [0.717, 1.165) is 0 Å². The number of carbonyl (C=O) groups is 2. The Kier molecular flexibility index (Phi) is 6.62. The molecule has 1 fully saturated rings. The first kappa shape index (κ1) is 21.2. The predicted molar refractivity (Wildman–Crippen MR) is 102 cm³/mol. The summed E-state index contributed by atoms with van der Waals surface area (Å²) < 4.78 is 20.9. The maximum absolute atomic E-state index is 13.1. The number of esters is 1. The lowest BCUT2D eigenvalue weighted by atomic mass is 10.2. The van der Waals surface area contributed by atoms with Crippen molar-refractivity contribution in [2.75, 3.05) is 27.4 Å². The highest BCUT2D eigenvalue weighted by atomic mass is 16.5. The Bertz CT molecular complexity index is 901. The lowest BCUT2D eigenvalue weighted by Gasteiger charge is -2.23. The van der Waals surface area contributed by atoms with E-state index in [4.69, 9.17) is 18.9 Å². The van der Waals surface area contributed by atoms with Crippen molar-refractivity contribution in [2.24, 2.45) is 0 Å². The van der Waals surface area contributed by atoms with Crippen molar-refractivity contribution in [1.82, 2.24) is 19.9 Å². The first-order chi connectivity index (χ1) is 14.5. The summed E-state index contributed by atoms with van der Waals surface area (Å²) in [5, 5.41) is 10.0. The van der Waals surface area contributed by atoms with E-state index in [0.29, 0.717) is 0 Å². The van der Waals surface area contributed by atoms with Gasteiger partial charge in [-0.2, -0.15) is 9.97 Å². The molecule has 1 saturated heterocycles. The standard InChI is InChI=1S/C19H22N4O7/c1-4-29-18(26)12-8-11(24)10-23(12)17(25)16-13(6-5-7-20-16)30-19-21-14(27-2)9-15(22-19)28-3/h5-7,9,11-12,24H,4,8,10H2,1-3H3/t11-,12+/m1/s1. The molecule has 0 bridgehead atoms. The van der Waals surface area contributed by atoms with Crippen molar-refractivity contribution in [1.29, 1.82) is 0 Å². The third-order valence-corrected chi connectivity index (χ3v) is 4.35. The van der Waals surface area contributed by atoms with Gasteiger partial charge in [-0.3, -0.25) is 4.79 Å². The Morgan fingerprint density at radius 2 is 1.93 bits per heavy atom. The second kappa shape index (κ2) is 9.35. The third kappa shape index (κ3) is 4.57. The van der Waals surface area contributed by atoms with Crippen LogP contribution in [0.25, 0.3) is 0 Å². The van der Waals surface area contributed by atoms with Gasteiger partial charge in [0.2, 0.25) is 11.8 Å². The van der Waals surface area contributed by atoms with Crippen molar-refractivity contribution in [3.05, 3.63) is 30.1 Å². The fourth-order valence-corrected chi connectivity index (χ4v) is 3.01. The van der Waals surface area contributed by atoms with Crippen molar-refractivity contribution < 1.29 is 33.6 Å². The molecule has 0 aliphatic carbocycles. The summed E-state index contributed by atoms with van der Waals surface area (Å²) in [6.07, 6.45) is 0.658. The van der Waals surface area contributed by atoms with Gasteiger partial charge >= 0.3 is 12.0 Å². The molecule has 1 aliphatic rings. The predicted octanol–water partition coefficient (Wildman–Crippen LogP) is 0.820. The van der Waals surface area contributed by atoms with Gasteiger partial charge in [0.05, 0.1) is 33.0 Å². The second-order valence-corrected chi connectivity index (χ2v) is 6.30. The highest BCUT2D eigenvalue weighted by Crippen LogP contribution is 2.28. The van der Waals surface area contributed by atoms with Gasteiger partial charge in [-0.25, -0.2) is 9.78 Å². The molecule has 11 heteroatoms. The fourth-order valence-electron chi connectivity index (χ4n) is 3.01. The summed E-state index contributed by atoms with van der Waals surface area (Å²) >= 11 is 0. The third-order valence-electron chi connectivity index (χ3n) is 4.35. The van der Waals surface area contributed by atoms with Crippen LogP contribution in [0.3, 0.4) is 0 Å². The summed E-state index contributed by atoms with van der Waals surface area (Å²) in [5.74, 6) is -0.684. The highest BCUT2D eigenvalue weighted by molar-refractivity contribution is 5.97. The number of likely N-dealkylation sites (tertiary alicyclic amines) is 1. The van der Waals surface area contributed by atoms with Crippen molar-refractivity contribution in [2.45, 2.75) is 25.5 Å². The molecule has 2 aromatic rings. The molecule has 30 heavy (non-hydrogen) atoms. The molecule has 0 unspecified atom stereocenters. The summed E-state index contributed by atoms with van der Waals surface area (Å²) in [5.41, 5.74) is -0.0636. The molecule has 3 rings (SSSR count). The summed E-state index contributed by atoms with van der Waals surface area (Å²) in [6.45, 7) is 1.81. The number of ether oxygens (including phenoxy) is 4. The number of aliphatic hydroxyl groups is 1. The SMILES string of the molecule is CCOC(=O)[C@@H]1C[C@@H](O)CN1C(=O)c1ncccc1Oc1nc(OC)cc(OC)n1. The van der Waals surface area contributed by atoms with Crippen LogP contribution in [0.5, 0.6) is 23.5 Å². The molecule has 160 valence electrons. The molecule has 1 N–H and O–H groups in total. The van der Waals surface area contributed by atoms with Gasteiger partial charge in [-0.1, -0.05) is 0 Å². The van der Waals surface area contributed by atoms with Gasteiger partial charge in [0.1, 0.15) is 6.04 Å². The minimum atomic E-state index is -0.907. The Labute approximate surface area is 172 Å². The quantitative estimate of drug-likeness (QED) is 0.644. The number of aromatic nitrogens is 3. The van der Waals surface area contributed by atoms with Crippen LogP contribution >= 0.6 is 0 Å². The highest BCUT2D eigenvalue weighted by Gasteiger charge is 2.41. The number of pyridine rings is 1. The van der Waals surface area contributed by atoms with Crippen LogP contribution in [-0.2, 0) is 9.53 Å². The zero-order chi connectivity index (χ0) is 21.7. The Hall–Kier alpha value is -3.47. The topological polar surface area (TPSA) is 133 Å². The van der Waals surface area contributed by atoms with Crippen LogP contribution in [0, 0.1) is 0 Å². The van der Waals surface area contributed by atoms with Crippen LogP contribution < -0.4 is 14.2 Å². The van der Waals surface area contributed by atoms with E-state index < -0.39 is 24.0 Å². The first-order valence-corrected chi connectivity index (χ1v) is 9.22. The zero-order valence-corrected chi connectivity index (χ0v) is 16.8. The molecule has 1 amide bonds. The average Bonchev–Trinajstić information content (AvgIpc) is 3.15. The molecule has 0 aromatic carbocycles. The van der Waals surface area contributed by atoms with Gasteiger partial charge in [-0.05, 0) is 19.1 Å². The molecule has 11 nitrogen and oxygen atoms in total. The number of β-amino-alcohol motifs (C(OH)–C–C–N with tert-alkyl or cyclic N) is 1. The van der Waals surface area contributed by atoms with E-state index in [1.807, 2.05) is 0 Å². The molecule has 0 saturated carbocycles. The number of hydrogen-bond acceptors (Lipinski definition) is 10. The van der Waals surface area contributed by atoms with E-state index >= 15 is 0 Å². The fraction of sp³-hybridized carbons (Fsp3) is 0.421. The minimum Gasteiger partial charge on any atom is -0.481 e. The number of carbonyl (C=O) groups excluding carboxylic acids is 2. The Morgan fingerprint density at radius 1 is 1.23 bits per heavy atom. The second-order valence-electron chi connectivity index (χ2n) is 6.30. The largest absolute Gasteiger partial charge is 0.481 e. The molecular formula is C19H22N4O7. The minimum absolute atomic E-state index is 0.0260. The smallest absolute Gasteiger partial charge is 0.328 e. The van der Waals surface area contributed by atoms with E-state index in [-0.39, 0.29) is 48.8 Å². The van der Waals surface area contributed by atoms with E-state index in [1.54, 1.807) is 13.0 Å². The van der Waals surface area contributed by atoms with Crippen molar-refractivity contribution >= 4 is 11.9 Å². The van der Waals surface area contributed by atoms with Gasteiger partial charge < -0.3 is 29.0 Å². The summed E-state index contributed by atoms with van der Waals surface area (Å²) in [4.78, 5) is 38.8.